The summed E-state index contributed by atoms with van der Waals surface area (Å²) in [5.41, 5.74) is 2.27. The molecule has 1 N–H and O–H groups in total. The lowest BCUT2D eigenvalue weighted by Gasteiger charge is -2.30. The van der Waals surface area contributed by atoms with Crippen molar-refractivity contribution in [3.05, 3.63) is 59.7 Å². The fraction of sp³-hybridized carbons (Fsp3) is 0.455. The largest absolute Gasteiger partial charge is 0.493 e. The molecule has 0 spiro atoms. The second-order valence-electron chi connectivity index (χ2n) is 7.59. The monoisotopic (exact) mass is 419 g/mol. The van der Waals surface area contributed by atoms with Gasteiger partial charge in [0.25, 0.3) is 0 Å². The summed E-state index contributed by atoms with van der Waals surface area (Å²) >= 11 is 0. The van der Waals surface area contributed by atoms with Crippen molar-refractivity contribution in [1.29, 1.82) is 0 Å². The molecule has 0 aliphatic carbocycles. The van der Waals surface area contributed by atoms with Crippen LogP contribution in [0.15, 0.2) is 48.5 Å². The predicted octanol–water partition coefficient (Wildman–Crippen LogP) is 2.43. The summed E-state index contributed by atoms with van der Waals surface area (Å²) in [5.74, 6) is 1.52. The van der Waals surface area contributed by atoms with E-state index in [0.717, 1.165) is 5.56 Å². The molecular formula is C22H29NO5S. The Hall–Kier alpha value is -2.09. The molecule has 0 radical (unpaired) electrons. The van der Waals surface area contributed by atoms with Gasteiger partial charge in [-0.3, -0.25) is 4.90 Å². The van der Waals surface area contributed by atoms with Crippen LogP contribution >= 0.6 is 0 Å². The maximum absolute atomic E-state index is 12.0. The number of benzene rings is 2. The number of nitrogens with zero attached hydrogens (tertiary/aromatic N) is 1. The highest BCUT2D eigenvalue weighted by atomic mass is 32.2. The van der Waals surface area contributed by atoms with Crippen molar-refractivity contribution in [2.24, 2.45) is 0 Å². The molecule has 0 saturated carbocycles. The molecule has 2 aromatic rings. The lowest BCUT2D eigenvalue weighted by atomic mass is 10.1. The fourth-order valence-corrected chi connectivity index (χ4v) is 5.34. The number of para-hydroxylation sites is 2. The predicted molar refractivity (Wildman–Crippen MR) is 113 cm³/mol. The maximum Gasteiger partial charge on any atom is 0.161 e. The third-order valence-corrected chi connectivity index (χ3v) is 6.93. The summed E-state index contributed by atoms with van der Waals surface area (Å²) in [5, 5.41) is 10.6. The van der Waals surface area contributed by atoms with E-state index < -0.39 is 15.9 Å². The molecule has 6 nitrogen and oxygen atoms in total. The van der Waals surface area contributed by atoms with Crippen LogP contribution in [0.1, 0.15) is 17.5 Å². The number of aliphatic hydroxyl groups excluding tert-OH is 1. The van der Waals surface area contributed by atoms with Gasteiger partial charge in [-0.1, -0.05) is 42.0 Å². The molecule has 1 saturated heterocycles. The lowest BCUT2D eigenvalue weighted by molar-refractivity contribution is 0.0517. The van der Waals surface area contributed by atoms with Gasteiger partial charge in [-0.15, -0.1) is 0 Å². The molecule has 2 atom stereocenters. The first-order chi connectivity index (χ1) is 13.9. The van der Waals surface area contributed by atoms with E-state index in [1.54, 1.807) is 19.2 Å². The number of rotatable bonds is 9. The standard InChI is InChI=1S/C22H29NO5S/c1-17-7-9-18(10-8-17)13-23(19-11-12-29(25,26)16-19)14-20(24)15-28-22-6-4-3-5-21(22)27-2/h3-10,19-20,24H,11-16H2,1-2H3. The zero-order valence-electron chi connectivity index (χ0n) is 17.0. The Morgan fingerprint density at radius 2 is 1.83 bits per heavy atom. The lowest BCUT2D eigenvalue weighted by Crippen LogP contribution is -2.42. The van der Waals surface area contributed by atoms with Gasteiger partial charge in [-0.25, -0.2) is 8.42 Å². The van der Waals surface area contributed by atoms with E-state index in [4.69, 9.17) is 9.47 Å². The van der Waals surface area contributed by atoms with E-state index >= 15 is 0 Å². The molecule has 2 aromatic carbocycles. The highest BCUT2D eigenvalue weighted by molar-refractivity contribution is 7.91. The van der Waals surface area contributed by atoms with Crippen LogP contribution in [0.25, 0.3) is 0 Å². The summed E-state index contributed by atoms with van der Waals surface area (Å²) < 4.78 is 35.0. The topological polar surface area (TPSA) is 76.1 Å². The molecule has 3 rings (SSSR count). The normalized spacial score (nSPS) is 19.2. The quantitative estimate of drug-likeness (QED) is 0.673. The molecule has 2 unspecified atom stereocenters. The number of hydrogen-bond donors (Lipinski definition) is 1. The molecule has 1 aliphatic rings. The first-order valence-corrected chi connectivity index (χ1v) is 11.6. The third kappa shape index (κ3) is 6.19. The fourth-order valence-electron chi connectivity index (χ4n) is 3.58. The first-order valence-electron chi connectivity index (χ1n) is 9.80. The number of hydrogen-bond acceptors (Lipinski definition) is 6. The zero-order chi connectivity index (χ0) is 20.9. The number of methoxy groups -OCH3 is 1. The highest BCUT2D eigenvalue weighted by Crippen LogP contribution is 2.26. The Bertz CT molecular complexity index is 898. The van der Waals surface area contributed by atoms with Gasteiger partial charge in [0.05, 0.1) is 18.6 Å². The van der Waals surface area contributed by atoms with Crippen LogP contribution in [0, 0.1) is 6.92 Å². The Labute approximate surface area is 173 Å². The van der Waals surface area contributed by atoms with Crippen LogP contribution < -0.4 is 9.47 Å². The average molecular weight is 420 g/mol. The number of ether oxygens (including phenoxy) is 2. The van der Waals surface area contributed by atoms with E-state index in [2.05, 4.69) is 4.90 Å². The molecule has 158 valence electrons. The third-order valence-electron chi connectivity index (χ3n) is 5.18. The van der Waals surface area contributed by atoms with Crippen molar-refractivity contribution in [2.75, 3.05) is 31.8 Å². The molecular weight excluding hydrogens is 390 g/mol. The van der Waals surface area contributed by atoms with Crippen LogP contribution in [0.4, 0.5) is 0 Å². The maximum atomic E-state index is 12.0. The molecule has 0 aromatic heterocycles. The molecule has 29 heavy (non-hydrogen) atoms. The number of aliphatic hydroxyl groups is 1. The van der Waals surface area contributed by atoms with E-state index in [0.29, 0.717) is 31.0 Å². The Balaban J connectivity index is 1.66. The molecule has 1 fully saturated rings. The van der Waals surface area contributed by atoms with Gasteiger partial charge in [0.2, 0.25) is 0 Å². The SMILES string of the molecule is COc1ccccc1OCC(O)CN(Cc1ccc(C)cc1)C1CCS(=O)(=O)C1. The number of aryl methyl sites for hydroxylation is 1. The summed E-state index contributed by atoms with van der Waals surface area (Å²) in [7, 11) is -1.44. The van der Waals surface area contributed by atoms with Gasteiger partial charge in [-0.2, -0.15) is 0 Å². The van der Waals surface area contributed by atoms with Gasteiger partial charge >= 0.3 is 0 Å². The van der Waals surface area contributed by atoms with E-state index in [1.165, 1.54) is 5.56 Å². The van der Waals surface area contributed by atoms with Crippen molar-refractivity contribution in [3.8, 4) is 11.5 Å². The Morgan fingerprint density at radius 1 is 1.14 bits per heavy atom. The van der Waals surface area contributed by atoms with Gasteiger partial charge in [0, 0.05) is 19.1 Å². The van der Waals surface area contributed by atoms with Crippen molar-refractivity contribution < 1.29 is 23.0 Å². The second-order valence-corrected chi connectivity index (χ2v) is 9.82. The Morgan fingerprint density at radius 3 is 2.45 bits per heavy atom. The minimum absolute atomic E-state index is 0.0952. The van der Waals surface area contributed by atoms with Crippen molar-refractivity contribution >= 4 is 9.84 Å². The van der Waals surface area contributed by atoms with Crippen LogP contribution in [-0.4, -0.2) is 62.3 Å². The van der Waals surface area contributed by atoms with Crippen molar-refractivity contribution in [1.82, 2.24) is 4.90 Å². The number of sulfone groups is 1. The zero-order valence-corrected chi connectivity index (χ0v) is 17.8. The van der Waals surface area contributed by atoms with Gasteiger partial charge in [0.15, 0.2) is 21.3 Å². The summed E-state index contributed by atoms with van der Waals surface area (Å²) in [4.78, 5) is 2.06. The van der Waals surface area contributed by atoms with E-state index in [9.17, 15) is 13.5 Å². The van der Waals surface area contributed by atoms with Gasteiger partial charge in [-0.05, 0) is 31.0 Å². The second kappa shape index (κ2) is 9.61. The van der Waals surface area contributed by atoms with Crippen molar-refractivity contribution in [3.63, 3.8) is 0 Å². The van der Waals surface area contributed by atoms with Crippen LogP contribution in [-0.2, 0) is 16.4 Å². The molecule has 0 bridgehead atoms. The molecule has 0 amide bonds. The van der Waals surface area contributed by atoms with Crippen LogP contribution in [0.5, 0.6) is 11.5 Å². The van der Waals surface area contributed by atoms with Gasteiger partial charge in [0.1, 0.15) is 12.7 Å². The minimum atomic E-state index is -3.01. The van der Waals surface area contributed by atoms with E-state index in [-0.39, 0.29) is 24.2 Å². The summed E-state index contributed by atoms with van der Waals surface area (Å²) in [6.07, 6.45) is -0.164. The smallest absolute Gasteiger partial charge is 0.161 e. The van der Waals surface area contributed by atoms with Crippen molar-refractivity contribution in [2.45, 2.75) is 32.0 Å². The summed E-state index contributed by atoms with van der Waals surface area (Å²) in [6.45, 7) is 3.06. The van der Waals surface area contributed by atoms with Gasteiger partial charge < -0.3 is 14.6 Å². The average Bonchev–Trinajstić information content (AvgIpc) is 3.07. The highest BCUT2D eigenvalue weighted by Gasteiger charge is 2.33. The van der Waals surface area contributed by atoms with Crippen LogP contribution in [0.3, 0.4) is 0 Å². The summed E-state index contributed by atoms with van der Waals surface area (Å²) in [6, 6.07) is 15.4. The van der Waals surface area contributed by atoms with Crippen LogP contribution in [0.2, 0.25) is 0 Å². The molecule has 1 heterocycles. The Kier molecular flexibility index (Phi) is 7.16. The van der Waals surface area contributed by atoms with E-state index in [1.807, 2.05) is 43.3 Å². The molecule has 1 aliphatic heterocycles. The first kappa shape index (κ1) is 21.6. The minimum Gasteiger partial charge on any atom is -0.493 e. The molecule has 7 heteroatoms.